The van der Waals surface area contributed by atoms with Crippen LogP contribution in [0, 0.1) is 6.92 Å². The number of hydrogen-bond donors (Lipinski definition) is 1. The molecule has 0 bridgehead atoms. The minimum atomic E-state index is -0.780. The second-order valence-electron chi connectivity index (χ2n) is 5.16. The Morgan fingerprint density at radius 3 is 2.38 bits per heavy atom. The molecule has 4 nitrogen and oxygen atoms in total. The van der Waals surface area contributed by atoms with Crippen LogP contribution in [0.15, 0.2) is 0 Å². The van der Waals surface area contributed by atoms with Crippen LogP contribution < -0.4 is 0 Å². The molecule has 1 aromatic rings. The van der Waals surface area contributed by atoms with Crippen LogP contribution in [0.25, 0.3) is 0 Å². The number of carbonyl (C=O) groups is 1. The minimum Gasteiger partial charge on any atom is -0.481 e. The van der Waals surface area contributed by atoms with Gasteiger partial charge in [-0.1, -0.05) is 20.8 Å². The Balaban J connectivity index is 3.01. The van der Waals surface area contributed by atoms with Crippen molar-refractivity contribution in [3.05, 3.63) is 17.2 Å². The molecular formula is C12H20N2O2. The van der Waals surface area contributed by atoms with Gasteiger partial charge in [0.1, 0.15) is 5.82 Å². The van der Waals surface area contributed by atoms with Crippen LogP contribution in [0.2, 0.25) is 0 Å². The van der Waals surface area contributed by atoms with Crippen LogP contribution in [-0.4, -0.2) is 20.6 Å². The Morgan fingerprint density at radius 2 is 2.00 bits per heavy atom. The molecule has 1 N–H and O–H groups in total. The van der Waals surface area contributed by atoms with E-state index < -0.39 is 5.97 Å². The topological polar surface area (TPSA) is 55.1 Å². The molecule has 0 aliphatic rings. The molecule has 90 valence electrons. The summed E-state index contributed by atoms with van der Waals surface area (Å²) in [6, 6.07) is 0. The van der Waals surface area contributed by atoms with Crippen molar-refractivity contribution in [3.63, 3.8) is 0 Å². The predicted molar refractivity (Wildman–Crippen MR) is 62.6 cm³/mol. The molecule has 0 fully saturated rings. The Morgan fingerprint density at radius 1 is 1.44 bits per heavy atom. The lowest BCUT2D eigenvalue weighted by Crippen LogP contribution is -2.13. The highest BCUT2D eigenvalue weighted by atomic mass is 16.4. The van der Waals surface area contributed by atoms with Crippen molar-refractivity contribution in [2.45, 2.75) is 46.0 Å². The van der Waals surface area contributed by atoms with Crippen molar-refractivity contribution in [3.8, 4) is 0 Å². The first kappa shape index (κ1) is 12.7. The first-order valence-corrected chi connectivity index (χ1v) is 5.48. The fraction of sp³-hybridized carbons (Fsp3) is 0.667. The fourth-order valence-corrected chi connectivity index (χ4v) is 1.79. The summed E-state index contributed by atoms with van der Waals surface area (Å²) in [5, 5.41) is 8.66. The quantitative estimate of drug-likeness (QED) is 0.854. The lowest BCUT2D eigenvalue weighted by Gasteiger charge is -2.16. The highest BCUT2D eigenvalue weighted by Crippen LogP contribution is 2.25. The molecule has 1 heterocycles. The normalized spacial score (nSPS) is 11.8. The zero-order chi connectivity index (χ0) is 12.5. The van der Waals surface area contributed by atoms with Crippen LogP contribution >= 0.6 is 0 Å². The molecule has 4 heteroatoms. The summed E-state index contributed by atoms with van der Waals surface area (Å²) in [6.45, 7) is 8.37. The van der Waals surface area contributed by atoms with Crippen molar-refractivity contribution < 1.29 is 9.90 Å². The van der Waals surface area contributed by atoms with Crippen LogP contribution in [0.4, 0.5) is 0 Å². The third-order valence-electron chi connectivity index (χ3n) is 2.75. The van der Waals surface area contributed by atoms with Crippen LogP contribution in [0.3, 0.4) is 0 Å². The second kappa shape index (κ2) is 4.28. The summed E-state index contributed by atoms with van der Waals surface area (Å²) in [7, 11) is 1.94. The number of nitrogens with zero attached hydrogens (tertiary/aromatic N) is 2. The maximum absolute atomic E-state index is 10.5. The highest BCUT2D eigenvalue weighted by molar-refractivity contribution is 5.66. The number of aromatic nitrogens is 2. The van der Waals surface area contributed by atoms with Crippen LogP contribution in [-0.2, 0) is 23.7 Å². The molecule has 0 atom stereocenters. The lowest BCUT2D eigenvalue weighted by atomic mass is 9.91. The van der Waals surface area contributed by atoms with Gasteiger partial charge in [0.05, 0.1) is 12.1 Å². The summed E-state index contributed by atoms with van der Waals surface area (Å²) in [4.78, 5) is 15.1. The Labute approximate surface area is 96.3 Å². The molecule has 0 saturated heterocycles. The van der Waals surface area contributed by atoms with Gasteiger partial charge in [0, 0.05) is 24.6 Å². The fourth-order valence-electron chi connectivity index (χ4n) is 1.79. The smallest absolute Gasteiger partial charge is 0.303 e. The largest absolute Gasteiger partial charge is 0.481 e. The van der Waals surface area contributed by atoms with Crippen LogP contribution in [0.1, 0.15) is 44.4 Å². The molecule has 0 spiro atoms. The SMILES string of the molecule is Cc1c(C(C)(C)C)nc(CCC(=O)O)n1C. The molecular weight excluding hydrogens is 204 g/mol. The monoisotopic (exact) mass is 224 g/mol. The first-order chi connectivity index (χ1) is 7.23. The number of hydrogen-bond acceptors (Lipinski definition) is 2. The van der Waals surface area contributed by atoms with Crippen molar-refractivity contribution in [1.29, 1.82) is 0 Å². The molecule has 0 radical (unpaired) electrons. The molecule has 0 aliphatic heterocycles. The standard InChI is InChI=1S/C12H20N2O2/c1-8-11(12(2,3)4)13-9(14(8)5)6-7-10(15)16/h6-7H2,1-5H3,(H,15,16). The van der Waals surface area contributed by atoms with E-state index in [9.17, 15) is 4.79 Å². The highest BCUT2D eigenvalue weighted by Gasteiger charge is 2.22. The van der Waals surface area contributed by atoms with Crippen LogP contribution in [0.5, 0.6) is 0 Å². The van der Waals surface area contributed by atoms with E-state index in [0.29, 0.717) is 6.42 Å². The van der Waals surface area contributed by atoms with E-state index in [4.69, 9.17) is 5.11 Å². The van der Waals surface area contributed by atoms with Crippen molar-refractivity contribution in [2.24, 2.45) is 7.05 Å². The van der Waals surface area contributed by atoms with E-state index in [2.05, 4.69) is 25.8 Å². The number of aliphatic carboxylic acids is 1. The molecule has 0 unspecified atom stereocenters. The number of imidazole rings is 1. The van der Waals surface area contributed by atoms with Gasteiger partial charge < -0.3 is 9.67 Å². The summed E-state index contributed by atoms with van der Waals surface area (Å²) in [5.41, 5.74) is 2.17. The van der Waals surface area contributed by atoms with Crippen molar-refractivity contribution in [2.75, 3.05) is 0 Å². The average molecular weight is 224 g/mol. The van der Waals surface area contributed by atoms with Gasteiger partial charge in [-0.05, 0) is 6.92 Å². The van der Waals surface area contributed by atoms with E-state index in [1.54, 1.807) is 0 Å². The van der Waals surface area contributed by atoms with Crippen molar-refractivity contribution >= 4 is 5.97 Å². The van der Waals surface area contributed by atoms with Gasteiger partial charge in [0.25, 0.3) is 0 Å². The molecule has 0 aromatic carbocycles. The van der Waals surface area contributed by atoms with Gasteiger partial charge in [0.15, 0.2) is 0 Å². The molecule has 1 rings (SSSR count). The van der Waals surface area contributed by atoms with E-state index in [0.717, 1.165) is 17.2 Å². The van der Waals surface area contributed by atoms with Gasteiger partial charge in [-0.15, -0.1) is 0 Å². The maximum atomic E-state index is 10.5. The van der Waals surface area contributed by atoms with Gasteiger partial charge in [-0.2, -0.15) is 0 Å². The molecule has 0 amide bonds. The minimum absolute atomic E-state index is 0.00329. The van der Waals surface area contributed by atoms with E-state index in [1.807, 2.05) is 18.5 Å². The van der Waals surface area contributed by atoms with E-state index in [1.165, 1.54) is 0 Å². The average Bonchev–Trinajstić information content (AvgIpc) is 2.40. The second-order valence-corrected chi connectivity index (χ2v) is 5.16. The zero-order valence-corrected chi connectivity index (χ0v) is 10.7. The van der Waals surface area contributed by atoms with Gasteiger partial charge in [-0.25, -0.2) is 4.98 Å². The van der Waals surface area contributed by atoms with E-state index >= 15 is 0 Å². The summed E-state index contributed by atoms with van der Waals surface area (Å²) in [5.74, 6) is 0.0720. The van der Waals surface area contributed by atoms with Gasteiger partial charge >= 0.3 is 5.97 Å². The van der Waals surface area contributed by atoms with E-state index in [-0.39, 0.29) is 11.8 Å². The maximum Gasteiger partial charge on any atom is 0.303 e. The molecule has 0 aliphatic carbocycles. The Kier molecular flexibility index (Phi) is 3.41. The predicted octanol–water partition coefficient (Wildman–Crippen LogP) is 2.04. The number of carboxylic acid groups (broad SMARTS) is 1. The van der Waals surface area contributed by atoms with Gasteiger partial charge in [-0.3, -0.25) is 4.79 Å². The molecule has 16 heavy (non-hydrogen) atoms. The Hall–Kier alpha value is -1.32. The first-order valence-electron chi connectivity index (χ1n) is 5.48. The van der Waals surface area contributed by atoms with Crippen molar-refractivity contribution in [1.82, 2.24) is 9.55 Å². The number of carboxylic acids is 1. The molecule has 0 saturated carbocycles. The zero-order valence-electron chi connectivity index (χ0n) is 10.7. The third-order valence-corrected chi connectivity index (χ3v) is 2.75. The lowest BCUT2D eigenvalue weighted by molar-refractivity contribution is -0.137. The summed E-state index contributed by atoms with van der Waals surface area (Å²) < 4.78 is 1.99. The van der Waals surface area contributed by atoms with Gasteiger partial charge in [0.2, 0.25) is 0 Å². The Bertz CT molecular complexity index is 400. The third kappa shape index (κ3) is 2.62. The summed E-state index contributed by atoms with van der Waals surface area (Å²) >= 11 is 0. The molecule has 1 aromatic heterocycles. The number of rotatable bonds is 3. The summed E-state index contributed by atoms with van der Waals surface area (Å²) in [6.07, 6.45) is 0.622. The number of aryl methyl sites for hydroxylation is 1.